The molecule has 3 rings (SSSR count). The first kappa shape index (κ1) is 25.6. The predicted octanol–water partition coefficient (Wildman–Crippen LogP) is -3.54. The summed E-state index contributed by atoms with van der Waals surface area (Å²) in [6, 6.07) is 4.19. The summed E-state index contributed by atoms with van der Waals surface area (Å²) in [4.78, 5) is 13.0. The van der Waals surface area contributed by atoms with Crippen LogP contribution in [0.2, 0.25) is 0 Å². The van der Waals surface area contributed by atoms with Crippen molar-refractivity contribution in [3.63, 3.8) is 0 Å². The van der Waals surface area contributed by atoms with Gasteiger partial charge in [-0.3, -0.25) is 9.69 Å². The number of ether oxygens (including phenoxy) is 1. The van der Waals surface area contributed by atoms with Gasteiger partial charge in [-0.25, -0.2) is 0 Å². The van der Waals surface area contributed by atoms with E-state index in [0.717, 1.165) is 11.1 Å². The van der Waals surface area contributed by atoms with Gasteiger partial charge in [0.1, 0.15) is 13.6 Å². The zero-order valence-corrected chi connectivity index (χ0v) is 17.7. The fourth-order valence-corrected chi connectivity index (χ4v) is 3.80. The fraction of sp³-hybridized carbons (Fsp3) is 0.550. The number of hydrogen-bond donors (Lipinski definition) is 9. The van der Waals surface area contributed by atoms with Crippen molar-refractivity contribution in [2.45, 2.75) is 36.6 Å². The largest absolute Gasteiger partial charge is 0.481 e. The molecule has 13 heteroatoms. The van der Waals surface area contributed by atoms with E-state index in [4.69, 9.17) is 33.0 Å². The molecule has 12 nitrogen and oxygen atoms in total. The summed E-state index contributed by atoms with van der Waals surface area (Å²) in [5.74, 6) is -14.2. The van der Waals surface area contributed by atoms with E-state index in [-0.39, 0.29) is 17.6 Å². The average Bonchev–Trinajstić information content (AvgIpc) is 2.62. The van der Waals surface area contributed by atoms with Gasteiger partial charge < -0.3 is 50.7 Å². The maximum Gasteiger partial charge on any atom is 0.382 e. The zero-order chi connectivity index (χ0) is 25.0. The van der Waals surface area contributed by atoms with E-state index >= 15 is 0 Å². The van der Waals surface area contributed by atoms with Gasteiger partial charge in [-0.2, -0.15) is 0 Å². The molecule has 0 amide bonds. The minimum absolute atomic E-state index is 0.0623. The number of benzene rings is 1. The molecular formula is C20H26BNO11. The highest BCUT2D eigenvalue weighted by molar-refractivity contribution is 6.15. The standard InChI is InChI=1S/C20H26BNO11/c1-10-4-12-6-15(33-20(31,32)18(26,27)17(21,25)19(28,29)30)3-2-11(12)5-13(10)7-22-8-14(9-22)16(23)24/h2-3,5-6,10,14,25-32H,4,7-9H2,1H3,(H,23,24)/t10-,17?/m0/s1. The maximum atomic E-state index is 11.0. The Morgan fingerprint density at radius 2 is 1.73 bits per heavy atom. The number of likely N-dealkylation sites (tertiary alicyclic amines) is 1. The van der Waals surface area contributed by atoms with E-state index in [1.54, 1.807) is 6.07 Å². The third kappa shape index (κ3) is 4.64. The summed E-state index contributed by atoms with van der Waals surface area (Å²) in [6.07, 6.45) is 2.43. The molecule has 33 heavy (non-hydrogen) atoms. The first-order valence-corrected chi connectivity index (χ1v) is 10.0. The second kappa shape index (κ2) is 8.30. The van der Waals surface area contributed by atoms with Gasteiger partial charge >= 0.3 is 17.9 Å². The molecule has 1 aromatic rings. The predicted molar refractivity (Wildman–Crippen MR) is 110 cm³/mol. The van der Waals surface area contributed by atoms with Crippen LogP contribution < -0.4 is 4.74 Å². The van der Waals surface area contributed by atoms with Gasteiger partial charge in [-0.1, -0.05) is 24.6 Å². The number of rotatable bonds is 8. The summed E-state index contributed by atoms with van der Waals surface area (Å²) >= 11 is 0. The Bertz CT molecular complexity index is 948. The van der Waals surface area contributed by atoms with Crippen molar-refractivity contribution in [1.82, 2.24) is 4.90 Å². The molecular weight excluding hydrogens is 441 g/mol. The highest BCUT2D eigenvalue weighted by atomic mass is 16.8. The Labute approximate surface area is 189 Å². The van der Waals surface area contributed by atoms with E-state index in [9.17, 15) is 30.3 Å². The van der Waals surface area contributed by atoms with Gasteiger partial charge in [-0.05, 0) is 35.6 Å². The summed E-state index contributed by atoms with van der Waals surface area (Å²) < 4.78 is 4.75. The van der Waals surface area contributed by atoms with Gasteiger partial charge in [0, 0.05) is 19.6 Å². The van der Waals surface area contributed by atoms with Crippen LogP contribution in [0.4, 0.5) is 0 Å². The van der Waals surface area contributed by atoms with Crippen molar-refractivity contribution >= 4 is 19.9 Å². The molecule has 1 saturated heterocycles. The number of aliphatic hydroxyl groups is 8. The number of carbonyl (C=O) groups is 1. The molecule has 9 N–H and O–H groups in total. The molecule has 0 bridgehead atoms. The fourth-order valence-electron chi connectivity index (χ4n) is 3.80. The van der Waals surface area contributed by atoms with E-state index < -0.39 is 29.2 Å². The lowest BCUT2D eigenvalue weighted by Gasteiger charge is -2.46. The van der Waals surface area contributed by atoms with Crippen LogP contribution in [0.15, 0.2) is 23.8 Å². The Balaban J connectivity index is 1.76. The number of carboxylic acids is 1. The van der Waals surface area contributed by atoms with E-state index in [2.05, 4.69) is 0 Å². The van der Waals surface area contributed by atoms with Crippen LogP contribution in [0, 0.1) is 11.8 Å². The van der Waals surface area contributed by atoms with Gasteiger partial charge in [0.15, 0.2) is 5.50 Å². The number of fused-ring (bicyclic) bond motifs is 1. The van der Waals surface area contributed by atoms with Gasteiger partial charge in [0.05, 0.1) is 5.92 Å². The van der Waals surface area contributed by atoms with Gasteiger partial charge in [0.2, 0.25) is 0 Å². The molecule has 2 atom stereocenters. The third-order valence-electron chi connectivity index (χ3n) is 6.08. The van der Waals surface area contributed by atoms with Crippen molar-refractivity contribution in [2.24, 2.45) is 11.8 Å². The summed E-state index contributed by atoms with van der Waals surface area (Å²) in [7, 11) is 4.90. The maximum absolute atomic E-state index is 11.0. The second-order valence-corrected chi connectivity index (χ2v) is 8.70. The van der Waals surface area contributed by atoms with Crippen molar-refractivity contribution in [2.75, 3.05) is 19.6 Å². The van der Waals surface area contributed by atoms with Crippen molar-refractivity contribution in [3.8, 4) is 5.75 Å². The van der Waals surface area contributed by atoms with Crippen LogP contribution in [0.1, 0.15) is 18.1 Å². The van der Waals surface area contributed by atoms with E-state index in [0.29, 0.717) is 31.6 Å². The molecule has 1 heterocycles. The van der Waals surface area contributed by atoms with Crippen LogP contribution in [0.3, 0.4) is 0 Å². The molecule has 2 radical (unpaired) electrons. The number of carboxylic acid groups (broad SMARTS) is 1. The summed E-state index contributed by atoms with van der Waals surface area (Å²) in [5, 5.41) is 85.5. The van der Waals surface area contributed by atoms with Crippen LogP contribution in [0.5, 0.6) is 5.75 Å². The van der Waals surface area contributed by atoms with Crippen molar-refractivity contribution in [1.29, 1.82) is 0 Å². The molecule has 1 aliphatic carbocycles. The highest BCUT2D eigenvalue weighted by Gasteiger charge is 2.69. The summed E-state index contributed by atoms with van der Waals surface area (Å²) in [5.41, 5.74) is -1.60. The van der Waals surface area contributed by atoms with Crippen LogP contribution in [0.25, 0.3) is 6.08 Å². The first-order valence-electron chi connectivity index (χ1n) is 10.0. The molecule has 1 aliphatic heterocycles. The number of hydrogen-bond acceptors (Lipinski definition) is 11. The third-order valence-corrected chi connectivity index (χ3v) is 6.08. The van der Waals surface area contributed by atoms with Gasteiger partial charge in [-0.15, -0.1) is 0 Å². The Hall–Kier alpha value is -2.07. The molecule has 0 spiro atoms. The first-order chi connectivity index (χ1) is 15.0. The lowest BCUT2D eigenvalue weighted by atomic mass is 9.71. The second-order valence-electron chi connectivity index (χ2n) is 8.70. The normalized spacial score (nSPS) is 22.1. The van der Waals surface area contributed by atoms with Crippen LogP contribution in [-0.2, 0) is 11.2 Å². The Kier molecular flexibility index (Phi) is 6.43. The monoisotopic (exact) mass is 467 g/mol. The Morgan fingerprint density at radius 3 is 2.27 bits per heavy atom. The van der Waals surface area contributed by atoms with Gasteiger partial charge in [0.25, 0.3) is 5.79 Å². The SMILES string of the molecule is [B]C(O)(C(O)(O)O)C(O)(O)C(O)(O)Oc1ccc2c(c1)C[C@H](C)C(CN1CC(C(=O)O)C1)=C2. The molecule has 1 unspecified atom stereocenters. The molecule has 1 aromatic carbocycles. The minimum Gasteiger partial charge on any atom is -0.481 e. The molecule has 180 valence electrons. The van der Waals surface area contributed by atoms with Crippen molar-refractivity contribution in [3.05, 3.63) is 34.9 Å². The molecule has 0 aromatic heterocycles. The number of aliphatic carboxylic acids is 1. The summed E-state index contributed by atoms with van der Waals surface area (Å²) in [6.45, 7) is 3.52. The lowest BCUT2D eigenvalue weighted by Crippen LogP contribution is -2.78. The highest BCUT2D eigenvalue weighted by Crippen LogP contribution is 2.37. The zero-order valence-electron chi connectivity index (χ0n) is 17.7. The van der Waals surface area contributed by atoms with Crippen molar-refractivity contribution < 1.29 is 55.5 Å². The van der Waals surface area contributed by atoms with Crippen LogP contribution >= 0.6 is 0 Å². The molecule has 0 saturated carbocycles. The smallest absolute Gasteiger partial charge is 0.382 e. The lowest BCUT2D eigenvalue weighted by molar-refractivity contribution is -0.504. The number of nitrogens with zero attached hydrogens (tertiary/aromatic N) is 1. The molecule has 1 fully saturated rings. The average molecular weight is 467 g/mol. The minimum atomic E-state index is -4.38. The topological polar surface area (TPSA) is 212 Å². The van der Waals surface area contributed by atoms with Crippen LogP contribution in [-0.4, -0.2) is 108 Å². The quantitative estimate of drug-likeness (QED) is 0.134. The Morgan fingerprint density at radius 1 is 1.12 bits per heavy atom. The molecule has 2 aliphatic rings. The van der Waals surface area contributed by atoms with E-state index in [1.807, 2.05) is 17.9 Å². The van der Waals surface area contributed by atoms with E-state index in [1.165, 1.54) is 12.1 Å².